The third kappa shape index (κ3) is 3.58. The van der Waals surface area contributed by atoms with Gasteiger partial charge in [0.25, 0.3) is 6.09 Å². The average molecular weight is 298 g/mol. The molecule has 0 saturated carbocycles. The molecule has 1 aromatic heterocycles. The third-order valence-corrected chi connectivity index (χ3v) is 2.43. The van der Waals surface area contributed by atoms with Crippen LogP contribution in [0, 0.1) is 6.08 Å². The summed E-state index contributed by atoms with van der Waals surface area (Å²) < 4.78 is 26.8. The molecule has 1 N–H and O–H groups in total. The van der Waals surface area contributed by atoms with Crippen LogP contribution in [0.2, 0.25) is 0 Å². The number of hydrogen-bond acceptors (Lipinski definition) is 6. The van der Waals surface area contributed by atoms with E-state index in [2.05, 4.69) is 30.3 Å². The lowest BCUT2D eigenvalue weighted by Gasteiger charge is -2.26. The maximum atomic E-state index is 13.5. The zero-order valence-corrected chi connectivity index (χ0v) is 12.2. The van der Waals surface area contributed by atoms with Gasteiger partial charge in [0.2, 0.25) is 17.9 Å². The van der Waals surface area contributed by atoms with Crippen LogP contribution in [0.4, 0.5) is 20.7 Å². The number of anilines is 2. The molecule has 2 rings (SSSR count). The van der Waals surface area contributed by atoms with E-state index in [0.29, 0.717) is 0 Å². The normalized spacial score (nSPS) is 17.0. The van der Waals surface area contributed by atoms with E-state index in [4.69, 9.17) is 0 Å². The maximum Gasteiger partial charge on any atom is 0.315 e. The first kappa shape index (κ1) is 15.0. The highest BCUT2D eigenvalue weighted by molar-refractivity contribution is 6.05. The van der Waals surface area contributed by atoms with E-state index in [0.717, 1.165) is 0 Å². The highest BCUT2D eigenvalue weighted by Gasteiger charge is 2.24. The van der Waals surface area contributed by atoms with Crippen LogP contribution in [-0.2, 0) is 0 Å². The minimum atomic E-state index is -0.928. The number of aliphatic imine (C=N–C) groups is 2. The highest BCUT2D eigenvalue weighted by atomic mass is 19.1. The molecule has 0 amide bonds. The first-order valence-corrected chi connectivity index (χ1v) is 6.28. The zero-order valence-electron chi connectivity index (χ0n) is 12.2. The predicted octanol–water partition coefficient (Wildman–Crippen LogP) is 0.534. The standard InChI is InChI=1S/C11H16F2N8/c1-6(2)15-10-16-7(12)14-5-21(10)11-18-8(13)17-9(19-11)20(3)4/h6H,5H2,1-4H3,(H,14,15,16). The summed E-state index contributed by atoms with van der Waals surface area (Å²) in [6, 6.07) is -0.0964. The van der Waals surface area contributed by atoms with Crippen LogP contribution in [0.15, 0.2) is 9.98 Å². The quantitative estimate of drug-likeness (QED) is 0.820. The molecular formula is C11H16F2N8. The first-order valence-electron chi connectivity index (χ1n) is 6.28. The van der Waals surface area contributed by atoms with Crippen molar-refractivity contribution >= 4 is 23.9 Å². The summed E-state index contributed by atoms with van der Waals surface area (Å²) in [6.45, 7) is 3.56. The molecule has 0 bridgehead atoms. The lowest BCUT2D eigenvalue weighted by atomic mass is 10.4. The lowest BCUT2D eigenvalue weighted by Crippen LogP contribution is -2.49. The van der Waals surface area contributed by atoms with Crippen LogP contribution in [-0.4, -0.2) is 53.8 Å². The molecule has 0 saturated heterocycles. The number of aromatic nitrogens is 3. The van der Waals surface area contributed by atoms with Crippen molar-refractivity contribution in [2.45, 2.75) is 19.9 Å². The van der Waals surface area contributed by atoms with Crippen molar-refractivity contribution in [1.29, 1.82) is 0 Å². The molecule has 8 nitrogen and oxygen atoms in total. The molecule has 0 aromatic carbocycles. The van der Waals surface area contributed by atoms with Crippen LogP contribution in [0.5, 0.6) is 0 Å². The summed E-state index contributed by atoms with van der Waals surface area (Å²) in [4.78, 5) is 22.0. The Bertz CT molecular complexity index is 584. The number of amidine groups is 1. The second kappa shape index (κ2) is 5.94. The van der Waals surface area contributed by atoms with E-state index >= 15 is 0 Å². The first-order chi connectivity index (χ1) is 9.86. The SMILES string of the molecule is CC(C)N=C1NC(F)=NCN1c1nc(F)nc(N(C)C)n1. The Balaban J connectivity index is 2.43. The van der Waals surface area contributed by atoms with Crippen LogP contribution in [0.1, 0.15) is 13.8 Å². The number of guanidine groups is 1. The lowest BCUT2D eigenvalue weighted by molar-refractivity contribution is 0.531. The second-order valence-corrected chi connectivity index (χ2v) is 4.79. The van der Waals surface area contributed by atoms with Gasteiger partial charge in [-0.15, -0.1) is 0 Å². The monoisotopic (exact) mass is 298 g/mol. The van der Waals surface area contributed by atoms with Gasteiger partial charge in [0.05, 0.1) is 0 Å². The van der Waals surface area contributed by atoms with E-state index in [-0.39, 0.29) is 30.6 Å². The molecule has 1 aromatic rings. The van der Waals surface area contributed by atoms with Crippen molar-refractivity contribution in [3.63, 3.8) is 0 Å². The predicted molar refractivity (Wildman–Crippen MR) is 75.7 cm³/mol. The summed E-state index contributed by atoms with van der Waals surface area (Å²) in [5.41, 5.74) is 0. The molecule has 10 heteroatoms. The van der Waals surface area contributed by atoms with Gasteiger partial charge in [-0.3, -0.25) is 10.2 Å². The van der Waals surface area contributed by atoms with Gasteiger partial charge >= 0.3 is 6.08 Å². The average Bonchev–Trinajstić information content (AvgIpc) is 2.37. The Kier molecular flexibility index (Phi) is 4.24. The summed E-state index contributed by atoms with van der Waals surface area (Å²) in [7, 11) is 3.35. The number of nitrogens with one attached hydrogen (secondary N) is 1. The van der Waals surface area contributed by atoms with Crippen molar-refractivity contribution < 1.29 is 8.78 Å². The Hall–Kier alpha value is -2.39. The van der Waals surface area contributed by atoms with Crippen LogP contribution >= 0.6 is 0 Å². The van der Waals surface area contributed by atoms with Crippen molar-refractivity contribution in [3.8, 4) is 0 Å². The fraction of sp³-hybridized carbons (Fsp3) is 0.545. The van der Waals surface area contributed by atoms with Crippen LogP contribution in [0.3, 0.4) is 0 Å². The Labute approximate surface area is 120 Å². The molecule has 0 fully saturated rings. The van der Waals surface area contributed by atoms with Crippen molar-refractivity contribution in [2.75, 3.05) is 30.6 Å². The van der Waals surface area contributed by atoms with E-state index in [1.54, 1.807) is 14.1 Å². The van der Waals surface area contributed by atoms with E-state index in [1.807, 2.05) is 13.8 Å². The molecule has 0 aliphatic carbocycles. The fourth-order valence-electron chi connectivity index (χ4n) is 1.55. The van der Waals surface area contributed by atoms with Gasteiger partial charge in [-0.05, 0) is 13.8 Å². The smallest absolute Gasteiger partial charge is 0.315 e. The molecule has 114 valence electrons. The summed E-state index contributed by atoms with van der Waals surface area (Å²) >= 11 is 0. The van der Waals surface area contributed by atoms with E-state index < -0.39 is 12.2 Å². The largest absolute Gasteiger partial charge is 0.347 e. The van der Waals surface area contributed by atoms with Gasteiger partial charge in [0.1, 0.15) is 6.67 Å². The fourth-order valence-corrected chi connectivity index (χ4v) is 1.55. The van der Waals surface area contributed by atoms with Gasteiger partial charge < -0.3 is 4.90 Å². The van der Waals surface area contributed by atoms with Crippen molar-refractivity contribution in [1.82, 2.24) is 20.3 Å². The Morgan fingerprint density at radius 2 is 1.95 bits per heavy atom. The molecule has 0 unspecified atom stereocenters. The number of nitrogens with zero attached hydrogens (tertiary/aromatic N) is 7. The van der Waals surface area contributed by atoms with E-state index in [9.17, 15) is 8.78 Å². The molecule has 0 atom stereocenters. The van der Waals surface area contributed by atoms with Crippen molar-refractivity contribution in [2.24, 2.45) is 9.98 Å². The second-order valence-electron chi connectivity index (χ2n) is 4.79. The summed E-state index contributed by atoms with van der Waals surface area (Å²) in [5.74, 6) is 0.332. The number of rotatable bonds is 3. The Morgan fingerprint density at radius 1 is 1.24 bits per heavy atom. The number of hydrogen-bond donors (Lipinski definition) is 1. The maximum absolute atomic E-state index is 13.5. The Morgan fingerprint density at radius 3 is 2.57 bits per heavy atom. The van der Waals surface area contributed by atoms with Gasteiger partial charge in [0.15, 0.2) is 0 Å². The zero-order chi connectivity index (χ0) is 15.6. The van der Waals surface area contributed by atoms with Gasteiger partial charge in [-0.2, -0.15) is 23.7 Å². The molecule has 0 spiro atoms. The summed E-state index contributed by atoms with van der Waals surface area (Å²) in [6.07, 6.45) is -1.68. The number of halogens is 2. The van der Waals surface area contributed by atoms with Crippen molar-refractivity contribution in [3.05, 3.63) is 6.08 Å². The molecule has 0 radical (unpaired) electrons. The minimum Gasteiger partial charge on any atom is -0.347 e. The van der Waals surface area contributed by atoms with Gasteiger partial charge in [-0.25, -0.2) is 9.98 Å². The molecule has 2 heterocycles. The molecule has 1 aliphatic heterocycles. The van der Waals surface area contributed by atoms with E-state index in [1.165, 1.54) is 9.80 Å². The summed E-state index contributed by atoms with van der Waals surface area (Å²) in [5, 5.41) is 2.39. The van der Waals surface area contributed by atoms with Crippen LogP contribution < -0.4 is 15.1 Å². The molecular weight excluding hydrogens is 282 g/mol. The highest BCUT2D eigenvalue weighted by Crippen LogP contribution is 2.14. The van der Waals surface area contributed by atoms with Crippen LogP contribution in [0.25, 0.3) is 0 Å². The topological polar surface area (TPSA) is 81.9 Å². The van der Waals surface area contributed by atoms with Gasteiger partial charge in [0, 0.05) is 20.1 Å². The minimum absolute atomic E-state index is 0.00866. The van der Waals surface area contributed by atoms with Gasteiger partial charge in [-0.1, -0.05) is 0 Å². The third-order valence-electron chi connectivity index (χ3n) is 2.43. The molecule has 1 aliphatic rings. The molecule has 21 heavy (non-hydrogen) atoms.